The Morgan fingerprint density at radius 3 is 2.57 bits per heavy atom. The van der Waals surface area contributed by atoms with E-state index >= 15 is 0 Å². The number of benzene rings is 1. The van der Waals surface area contributed by atoms with Crippen LogP contribution in [0.2, 0.25) is 0 Å². The molecule has 1 saturated heterocycles. The van der Waals surface area contributed by atoms with Gasteiger partial charge in [0.1, 0.15) is 12.4 Å². The molecule has 2 aromatic rings. The Hall–Kier alpha value is -2.21. The van der Waals surface area contributed by atoms with Crippen molar-refractivity contribution in [2.75, 3.05) is 26.2 Å². The van der Waals surface area contributed by atoms with Crippen LogP contribution < -0.4 is 0 Å². The van der Waals surface area contributed by atoms with Gasteiger partial charge in [0.25, 0.3) is 0 Å². The number of piperazine rings is 1. The second-order valence-electron chi connectivity index (χ2n) is 5.88. The molecule has 1 aromatic carbocycles. The third-order valence-corrected chi connectivity index (χ3v) is 4.29. The van der Waals surface area contributed by atoms with E-state index in [4.69, 9.17) is 0 Å². The molecule has 23 heavy (non-hydrogen) atoms. The normalized spacial score (nSPS) is 15.8. The maximum atomic E-state index is 13.7. The van der Waals surface area contributed by atoms with Crippen LogP contribution in [0.4, 0.5) is 4.39 Å². The van der Waals surface area contributed by atoms with Gasteiger partial charge in [-0.05, 0) is 19.1 Å². The largest absolute Gasteiger partial charge is 0.339 e. The standard InChI is InChI=1S/C17H21FN4O/c1-14-6-7-19-22(14)13-17(23)21-10-8-20(9-11-21)12-15-4-2-3-5-16(15)18/h2-7H,8-13H2,1H3. The van der Waals surface area contributed by atoms with Gasteiger partial charge in [-0.3, -0.25) is 14.4 Å². The molecule has 122 valence electrons. The van der Waals surface area contributed by atoms with E-state index in [9.17, 15) is 9.18 Å². The molecule has 0 bridgehead atoms. The van der Waals surface area contributed by atoms with Gasteiger partial charge in [-0.25, -0.2) is 4.39 Å². The maximum Gasteiger partial charge on any atom is 0.244 e. The van der Waals surface area contributed by atoms with E-state index in [1.165, 1.54) is 6.07 Å². The molecule has 3 rings (SSSR count). The van der Waals surface area contributed by atoms with Crippen LogP contribution in [0.15, 0.2) is 36.5 Å². The summed E-state index contributed by atoms with van der Waals surface area (Å²) in [5, 5.41) is 4.15. The van der Waals surface area contributed by atoms with Crippen molar-refractivity contribution in [1.29, 1.82) is 0 Å². The van der Waals surface area contributed by atoms with Crippen LogP contribution in [0, 0.1) is 12.7 Å². The zero-order valence-electron chi connectivity index (χ0n) is 13.3. The number of amides is 1. The van der Waals surface area contributed by atoms with Crippen LogP contribution in [-0.4, -0.2) is 51.7 Å². The Balaban J connectivity index is 1.51. The Morgan fingerprint density at radius 1 is 1.17 bits per heavy atom. The summed E-state index contributed by atoms with van der Waals surface area (Å²) in [5.41, 5.74) is 1.69. The van der Waals surface area contributed by atoms with Gasteiger partial charge in [-0.2, -0.15) is 5.10 Å². The van der Waals surface area contributed by atoms with E-state index in [2.05, 4.69) is 10.00 Å². The fourth-order valence-electron chi connectivity index (χ4n) is 2.82. The van der Waals surface area contributed by atoms with Gasteiger partial charge in [0.15, 0.2) is 0 Å². The fraction of sp³-hybridized carbons (Fsp3) is 0.412. The lowest BCUT2D eigenvalue weighted by atomic mass is 10.2. The van der Waals surface area contributed by atoms with Gasteiger partial charge in [0.2, 0.25) is 5.91 Å². The molecular weight excluding hydrogens is 295 g/mol. The number of nitrogens with zero attached hydrogens (tertiary/aromatic N) is 4. The number of halogens is 1. The number of rotatable bonds is 4. The highest BCUT2D eigenvalue weighted by Gasteiger charge is 2.22. The van der Waals surface area contributed by atoms with Crippen molar-refractivity contribution in [3.8, 4) is 0 Å². The van der Waals surface area contributed by atoms with E-state index in [1.54, 1.807) is 16.9 Å². The van der Waals surface area contributed by atoms with E-state index < -0.39 is 0 Å². The molecule has 1 aliphatic heterocycles. The first-order valence-electron chi connectivity index (χ1n) is 7.85. The number of aromatic nitrogens is 2. The summed E-state index contributed by atoms with van der Waals surface area (Å²) in [6, 6.07) is 8.74. The first kappa shape index (κ1) is 15.7. The second kappa shape index (κ2) is 6.91. The van der Waals surface area contributed by atoms with Crippen molar-refractivity contribution in [2.45, 2.75) is 20.0 Å². The average Bonchev–Trinajstić information content (AvgIpc) is 2.95. The highest BCUT2D eigenvalue weighted by molar-refractivity contribution is 5.76. The summed E-state index contributed by atoms with van der Waals surface area (Å²) in [6.45, 7) is 5.68. The molecule has 6 heteroatoms. The van der Waals surface area contributed by atoms with Gasteiger partial charge in [0, 0.05) is 50.2 Å². The summed E-state index contributed by atoms with van der Waals surface area (Å²) in [6.07, 6.45) is 1.70. The predicted molar refractivity (Wildman–Crippen MR) is 85.2 cm³/mol. The summed E-state index contributed by atoms with van der Waals surface area (Å²) < 4.78 is 15.4. The Labute approximate surface area is 135 Å². The first-order chi connectivity index (χ1) is 11.1. The fourth-order valence-corrected chi connectivity index (χ4v) is 2.82. The zero-order chi connectivity index (χ0) is 16.2. The lowest BCUT2D eigenvalue weighted by Crippen LogP contribution is -2.49. The molecule has 1 aliphatic rings. The maximum absolute atomic E-state index is 13.7. The van der Waals surface area contributed by atoms with Gasteiger partial charge in [0.05, 0.1) is 0 Å². The SMILES string of the molecule is Cc1ccnn1CC(=O)N1CCN(Cc2ccccc2F)CC1. The quantitative estimate of drug-likeness (QED) is 0.862. The Morgan fingerprint density at radius 2 is 1.91 bits per heavy atom. The van der Waals surface area contributed by atoms with Crippen molar-refractivity contribution in [1.82, 2.24) is 19.6 Å². The number of aryl methyl sites for hydroxylation is 1. The molecule has 0 unspecified atom stereocenters. The van der Waals surface area contributed by atoms with Crippen LogP contribution in [0.25, 0.3) is 0 Å². The molecule has 0 atom stereocenters. The van der Waals surface area contributed by atoms with Crippen LogP contribution >= 0.6 is 0 Å². The lowest BCUT2D eigenvalue weighted by Gasteiger charge is -2.34. The predicted octanol–water partition coefficient (Wildman–Crippen LogP) is 1.68. The molecule has 1 amide bonds. The first-order valence-corrected chi connectivity index (χ1v) is 7.85. The Kier molecular flexibility index (Phi) is 4.71. The molecule has 0 N–H and O–H groups in total. The topological polar surface area (TPSA) is 41.4 Å². The molecule has 1 aromatic heterocycles. The molecule has 0 aliphatic carbocycles. The summed E-state index contributed by atoms with van der Waals surface area (Å²) in [4.78, 5) is 16.4. The van der Waals surface area contributed by atoms with E-state index in [0.29, 0.717) is 25.2 Å². The van der Waals surface area contributed by atoms with Crippen molar-refractivity contribution < 1.29 is 9.18 Å². The van der Waals surface area contributed by atoms with Crippen LogP contribution in [0.3, 0.4) is 0 Å². The molecule has 5 nitrogen and oxygen atoms in total. The van der Waals surface area contributed by atoms with Crippen LogP contribution in [0.5, 0.6) is 0 Å². The third-order valence-electron chi connectivity index (χ3n) is 4.29. The van der Waals surface area contributed by atoms with E-state index in [1.807, 2.05) is 30.0 Å². The van der Waals surface area contributed by atoms with Crippen molar-refractivity contribution in [2.24, 2.45) is 0 Å². The lowest BCUT2D eigenvalue weighted by molar-refractivity contribution is -0.133. The number of carbonyl (C=O) groups is 1. The van der Waals surface area contributed by atoms with Crippen molar-refractivity contribution >= 4 is 5.91 Å². The third kappa shape index (κ3) is 3.76. The zero-order valence-corrected chi connectivity index (χ0v) is 13.3. The average molecular weight is 316 g/mol. The van der Waals surface area contributed by atoms with Gasteiger partial charge in [-0.1, -0.05) is 18.2 Å². The van der Waals surface area contributed by atoms with Gasteiger partial charge < -0.3 is 4.90 Å². The molecule has 2 heterocycles. The number of carbonyl (C=O) groups excluding carboxylic acids is 1. The monoisotopic (exact) mass is 316 g/mol. The highest BCUT2D eigenvalue weighted by Crippen LogP contribution is 2.12. The molecule has 0 radical (unpaired) electrons. The minimum Gasteiger partial charge on any atom is -0.339 e. The molecule has 1 fully saturated rings. The second-order valence-corrected chi connectivity index (χ2v) is 5.88. The van der Waals surface area contributed by atoms with Gasteiger partial charge in [-0.15, -0.1) is 0 Å². The summed E-state index contributed by atoms with van der Waals surface area (Å²) >= 11 is 0. The summed E-state index contributed by atoms with van der Waals surface area (Å²) in [7, 11) is 0. The van der Waals surface area contributed by atoms with Crippen molar-refractivity contribution in [3.05, 3.63) is 53.6 Å². The van der Waals surface area contributed by atoms with Crippen molar-refractivity contribution in [3.63, 3.8) is 0 Å². The van der Waals surface area contributed by atoms with E-state index in [0.717, 1.165) is 18.8 Å². The minimum absolute atomic E-state index is 0.0855. The van der Waals surface area contributed by atoms with Crippen LogP contribution in [0.1, 0.15) is 11.3 Å². The molecule has 0 saturated carbocycles. The van der Waals surface area contributed by atoms with Gasteiger partial charge >= 0.3 is 0 Å². The minimum atomic E-state index is -0.167. The molecule has 0 spiro atoms. The van der Waals surface area contributed by atoms with E-state index in [-0.39, 0.29) is 18.3 Å². The highest BCUT2D eigenvalue weighted by atomic mass is 19.1. The summed E-state index contributed by atoms with van der Waals surface area (Å²) in [5.74, 6) is -0.0810. The number of hydrogen-bond acceptors (Lipinski definition) is 3. The van der Waals surface area contributed by atoms with Crippen LogP contribution in [-0.2, 0) is 17.9 Å². The number of hydrogen-bond donors (Lipinski definition) is 0. The molecular formula is C17H21FN4O. The smallest absolute Gasteiger partial charge is 0.244 e. The Bertz CT molecular complexity index is 677.